The Labute approximate surface area is 119 Å². The summed E-state index contributed by atoms with van der Waals surface area (Å²) >= 11 is 0. The van der Waals surface area contributed by atoms with Crippen LogP contribution in [0.15, 0.2) is 36.5 Å². The van der Waals surface area contributed by atoms with E-state index in [9.17, 15) is 20.0 Å². The van der Waals surface area contributed by atoms with Crippen LogP contribution >= 0.6 is 0 Å². The number of phenolic OH excluding ortho intramolecular Hbond substituents is 1. The van der Waals surface area contributed by atoms with Gasteiger partial charge in [0.15, 0.2) is 0 Å². The molecule has 0 radical (unpaired) electrons. The molecule has 2 rings (SSSR count). The van der Waals surface area contributed by atoms with Crippen LogP contribution in [-0.4, -0.2) is 20.9 Å². The molecule has 4 N–H and O–H groups in total. The first-order valence-corrected chi connectivity index (χ1v) is 5.95. The molecule has 108 valence electrons. The van der Waals surface area contributed by atoms with E-state index in [-0.39, 0.29) is 23.7 Å². The van der Waals surface area contributed by atoms with Crippen LogP contribution in [-0.2, 0) is 6.54 Å². The first-order chi connectivity index (χ1) is 10.0. The lowest BCUT2D eigenvalue weighted by molar-refractivity contribution is -0.384. The summed E-state index contributed by atoms with van der Waals surface area (Å²) in [6.45, 7) is 0.198. The first-order valence-electron chi connectivity index (χ1n) is 5.95. The number of pyridine rings is 1. The number of hydrogen-bond donors (Lipinski definition) is 3. The fourth-order valence-electron chi connectivity index (χ4n) is 1.66. The monoisotopic (exact) mass is 288 g/mol. The predicted molar refractivity (Wildman–Crippen MR) is 74.8 cm³/mol. The van der Waals surface area contributed by atoms with Gasteiger partial charge in [0.25, 0.3) is 11.6 Å². The van der Waals surface area contributed by atoms with Gasteiger partial charge in [-0.3, -0.25) is 19.9 Å². The quantitative estimate of drug-likeness (QED) is 0.442. The summed E-state index contributed by atoms with van der Waals surface area (Å²) in [5.41, 5.74) is 6.13. The molecule has 1 heterocycles. The Hall–Kier alpha value is -3.00. The summed E-state index contributed by atoms with van der Waals surface area (Å²) in [4.78, 5) is 25.9. The van der Waals surface area contributed by atoms with E-state index < -0.39 is 10.8 Å². The maximum atomic E-state index is 12.0. The fraction of sp³-hybridized carbons (Fsp3) is 0.0769. The normalized spacial score (nSPS) is 10.1. The fourth-order valence-corrected chi connectivity index (χ4v) is 1.66. The van der Waals surface area contributed by atoms with Gasteiger partial charge in [-0.05, 0) is 18.2 Å². The van der Waals surface area contributed by atoms with Crippen LogP contribution < -0.4 is 11.1 Å². The second-order valence-corrected chi connectivity index (χ2v) is 4.15. The third kappa shape index (κ3) is 3.31. The van der Waals surface area contributed by atoms with Gasteiger partial charge in [-0.25, -0.2) is 0 Å². The molecule has 1 aromatic heterocycles. The molecular weight excluding hydrogens is 276 g/mol. The van der Waals surface area contributed by atoms with Gasteiger partial charge in [-0.1, -0.05) is 0 Å². The number of nitro groups is 1. The molecule has 0 atom stereocenters. The Morgan fingerprint density at radius 2 is 2.14 bits per heavy atom. The van der Waals surface area contributed by atoms with Crippen molar-refractivity contribution in [2.45, 2.75) is 6.54 Å². The van der Waals surface area contributed by atoms with Crippen LogP contribution in [0.1, 0.15) is 16.1 Å². The van der Waals surface area contributed by atoms with Gasteiger partial charge in [0.1, 0.15) is 5.75 Å². The summed E-state index contributed by atoms with van der Waals surface area (Å²) < 4.78 is 0. The third-order valence-corrected chi connectivity index (χ3v) is 2.73. The van der Waals surface area contributed by atoms with Crippen molar-refractivity contribution >= 4 is 17.3 Å². The minimum absolute atomic E-state index is 0.0803. The van der Waals surface area contributed by atoms with Crippen molar-refractivity contribution in [3.05, 3.63) is 57.9 Å². The Balaban J connectivity index is 2.21. The average molecular weight is 288 g/mol. The highest BCUT2D eigenvalue weighted by molar-refractivity contribution is 6.05. The van der Waals surface area contributed by atoms with E-state index in [1.807, 2.05) is 0 Å². The summed E-state index contributed by atoms with van der Waals surface area (Å²) in [7, 11) is 0. The first kappa shape index (κ1) is 14.4. The summed E-state index contributed by atoms with van der Waals surface area (Å²) in [5.74, 6) is -0.859. The van der Waals surface area contributed by atoms with E-state index in [1.165, 1.54) is 30.5 Å². The molecule has 0 fully saturated rings. The van der Waals surface area contributed by atoms with Gasteiger partial charge >= 0.3 is 0 Å². The number of nitrogens with one attached hydrogen (secondary N) is 1. The lowest BCUT2D eigenvalue weighted by atomic mass is 10.2. The molecule has 8 heteroatoms. The number of hydrogen-bond acceptors (Lipinski definition) is 6. The van der Waals surface area contributed by atoms with E-state index in [0.29, 0.717) is 11.3 Å². The smallest absolute Gasteiger partial charge is 0.273 e. The molecule has 1 aromatic carbocycles. The molecule has 0 spiro atoms. The van der Waals surface area contributed by atoms with Crippen LogP contribution in [0.2, 0.25) is 0 Å². The highest BCUT2D eigenvalue weighted by Gasteiger charge is 2.13. The molecule has 0 aliphatic rings. The zero-order valence-corrected chi connectivity index (χ0v) is 10.8. The van der Waals surface area contributed by atoms with Gasteiger partial charge < -0.3 is 16.2 Å². The van der Waals surface area contributed by atoms with Crippen molar-refractivity contribution < 1.29 is 14.8 Å². The van der Waals surface area contributed by atoms with Crippen LogP contribution in [0.5, 0.6) is 5.75 Å². The largest absolute Gasteiger partial charge is 0.506 e. The van der Waals surface area contributed by atoms with Crippen LogP contribution in [0.25, 0.3) is 0 Å². The number of nitrogens with zero attached hydrogens (tertiary/aromatic N) is 2. The van der Waals surface area contributed by atoms with Crippen molar-refractivity contribution in [2.24, 2.45) is 5.73 Å². The Kier molecular flexibility index (Phi) is 4.10. The number of nitrogens with two attached hydrogens (primary N) is 1. The number of phenols is 1. The summed E-state index contributed by atoms with van der Waals surface area (Å²) in [5, 5.41) is 22.7. The number of benzene rings is 1. The molecule has 0 unspecified atom stereocenters. The molecule has 0 bridgehead atoms. The number of aromatic nitrogens is 1. The zero-order valence-electron chi connectivity index (χ0n) is 10.8. The number of non-ortho nitro benzene ring substituents is 1. The summed E-state index contributed by atoms with van der Waals surface area (Å²) in [6.07, 6.45) is 1.45. The van der Waals surface area contributed by atoms with E-state index in [1.54, 1.807) is 0 Å². The predicted octanol–water partition coefficient (Wildman–Crippen LogP) is 1.41. The van der Waals surface area contributed by atoms with Gasteiger partial charge in [0, 0.05) is 24.4 Å². The molecule has 21 heavy (non-hydrogen) atoms. The van der Waals surface area contributed by atoms with E-state index >= 15 is 0 Å². The average Bonchev–Trinajstić information content (AvgIpc) is 2.49. The van der Waals surface area contributed by atoms with Gasteiger partial charge in [-0.2, -0.15) is 0 Å². The van der Waals surface area contributed by atoms with E-state index in [2.05, 4.69) is 10.3 Å². The van der Waals surface area contributed by atoms with Crippen molar-refractivity contribution in [3.63, 3.8) is 0 Å². The number of amides is 1. The second-order valence-electron chi connectivity index (χ2n) is 4.15. The Bertz CT molecular complexity index is 702. The van der Waals surface area contributed by atoms with Crippen molar-refractivity contribution in [2.75, 3.05) is 5.32 Å². The number of rotatable bonds is 4. The van der Waals surface area contributed by atoms with Crippen LogP contribution in [0, 0.1) is 10.1 Å². The highest BCUT2D eigenvalue weighted by Crippen LogP contribution is 2.28. The number of carbonyl (C=O) groups excluding carboxylic acids is 1. The molecule has 1 amide bonds. The molecular formula is C13H12N4O4. The maximum absolute atomic E-state index is 12.0. The van der Waals surface area contributed by atoms with E-state index in [0.717, 1.165) is 6.07 Å². The van der Waals surface area contributed by atoms with Crippen molar-refractivity contribution in [1.82, 2.24) is 4.98 Å². The SMILES string of the molecule is NCc1cc(C(=O)Nc2ccc([N+](=O)[O-])cc2O)ccn1. The topological polar surface area (TPSA) is 131 Å². The molecule has 0 saturated heterocycles. The Morgan fingerprint density at radius 1 is 1.38 bits per heavy atom. The molecule has 0 saturated carbocycles. The minimum Gasteiger partial charge on any atom is -0.506 e. The summed E-state index contributed by atoms with van der Waals surface area (Å²) in [6, 6.07) is 6.44. The number of aromatic hydroxyl groups is 1. The molecule has 0 aliphatic carbocycles. The highest BCUT2D eigenvalue weighted by atomic mass is 16.6. The van der Waals surface area contributed by atoms with Gasteiger partial charge in [0.05, 0.1) is 22.4 Å². The Morgan fingerprint density at radius 3 is 2.76 bits per heavy atom. The van der Waals surface area contributed by atoms with Crippen molar-refractivity contribution in [3.8, 4) is 5.75 Å². The minimum atomic E-state index is -0.637. The molecule has 2 aromatic rings. The lowest BCUT2D eigenvalue weighted by Crippen LogP contribution is -2.13. The number of nitro benzene ring substituents is 1. The molecule has 8 nitrogen and oxygen atoms in total. The molecule has 0 aliphatic heterocycles. The standard InChI is InChI=1S/C13H12N4O4/c14-7-9-5-8(3-4-15-9)13(19)16-11-2-1-10(17(20)21)6-12(11)18/h1-6,18H,7,14H2,(H,16,19). The van der Waals surface area contributed by atoms with Crippen molar-refractivity contribution in [1.29, 1.82) is 0 Å². The third-order valence-electron chi connectivity index (χ3n) is 2.73. The van der Waals surface area contributed by atoms with Gasteiger partial charge in [-0.15, -0.1) is 0 Å². The van der Waals surface area contributed by atoms with Crippen LogP contribution in [0.4, 0.5) is 11.4 Å². The zero-order chi connectivity index (χ0) is 15.4. The lowest BCUT2D eigenvalue weighted by Gasteiger charge is -2.07. The van der Waals surface area contributed by atoms with E-state index in [4.69, 9.17) is 5.73 Å². The van der Waals surface area contributed by atoms with Gasteiger partial charge in [0.2, 0.25) is 0 Å². The van der Waals surface area contributed by atoms with Crippen LogP contribution in [0.3, 0.4) is 0 Å². The number of carbonyl (C=O) groups is 1. The maximum Gasteiger partial charge on any atom is 0.273 e. The number of anilines is 1. The second kappa shape index (κ2) is 5.97.